The van der Waals surface area contributed by atoms with Crippen LogP contribution in [0, 0.1) is 0 Å². The van der Waals surface area contributed by atoms with Crippen molar-refractivity contribution < 1.29 is 14.7 Å². The number of carbonyl (C=O) groups excluding carboxylic acids is 1. The molecule has 0 fully saturated rings. The van der Waals surface area contributed by atoms with Crippen molar-refractivity contribution in [3.63, 3.8) is 0 Å². The molecule has 14 heavy (non-hydrogen) atoms. The third-order valence-corrected chi connectivity index (χ3v) is 3.81. The zero-order chi connectivity index (χ0) is 10.6. The third kappa shape index (κ3) is 3.08. The minimum absolute atomic E-state index is 0.188. The van der Waals surface area contributed by atoms with Crippen LogP contribution in [0.4, 0.5) is 0 Å². The van der Waals surface area contributed by atoms with Gasteiger partial charge in [-0.15, -0.1) is 21.6 Å². The molecule has 1 unspecified atom stereocenters. The Morgan fingerprint density at radius 2 is 1.86 bits per heavy atom. The van der Waals surface area contributed by atoms with Crippen LogP contribution in [0.15, 0.2) is 30.3 Å². The van der Waals surface area contributed by atoms with Crippen molar-refractivity contribution in [2.75, 3.05) is 5.75 Å². The lowest BCUT2D eigenvalue weighted by Gasteiger charge is -2.10. The van der Waals surface area contributed by atoms with Gasteiger partial charge in [-0.25, -0.2) is 0 Å². The lowest BCUT2D eigenvalue weighted by Crippen LogP contribution is -2.07. The summed E-state index contributed by atoms with van der Waals surface area (Å²) in [6, 6.07) is 8.61. The van der Waals surface area contributed by atoms with Crippen molar-refractivity contribution >= 4 is 32.7 Å². The summed E-state index contributed by atoms with van der Waals surface area (Å²) in [5.41, 5.74) is 0.523. The van der Waals surface area contributed by atoms with Crippen molar-refractivity contribution in [2.24, 2.45) is 0 Å². The molecule has 0 aliphatic rings. The molecule has 1 rings (SSSR count). The molecule has 0 aliphatic carbocycles. The van der Waals surface area contributed by atoms with E-state index in [0.717, 1.165) is 0 Å². The highest BCUT2D eigenvalue weighted by Gasteiger charge is 2.14. The van der Waals surface area contributed by atoms with Gasteiger partial charge < -0.3 is 5.11 Å². The first kappa shape index (κ1) is 11.1. The van der Waals surface area contributed by atoms with Crippen LogP contribution in [0.25, 0.3) is 0 Å². The van der Waals surface area contributed by atoms with Gasteiger partial charge in [0.25, 0.3) is 0 Å². The second-order valence-corrected chi connectivity index (χ2v) is 5.59. The normalized spacial score (nSPS) is 13.4. The SMILES string of the molecule is O=C(O)C[SH](S)C(=O)c1ccccc1. The molecule has 5 heteroatoms. The first-order chi connectivity index (χ1) is 6.61. The fraction of sp³-hybridized carbons (Fsp3) is 0.111. The van der Waals surface area contributed by atoms with Gasteiger partial charge in [0.1, 0.15) is 0 Å². The van der Waals surface area contributed by atoms with Crippen LogP contribution in [0.3, 0.4) is 0 Å². The zero-order valence-corrected chi connectivity index (χ0v) is 9.04. The Bertz CT molecular complexity index is 337. The Kier molecular flexibility index (Phi) is 4.03. The molecule has 1 aromatic rings. The van der Waals surface area contributed by atoms with Crippen molar-refractivity contribution in [1.82, 2.24) is 0 Å². The molecule has 0 amide bonds. The second-order valence-electron chi connectivity index (χ2n) is 2.62. The third-order valence-electron chi connectivity index (χ3n) is 1.54. The summed E-state index contributed by atoms with van der Waals surface area (Å²) in [5.74, 6) is -1.18. The molecule has 1 aromatic carbocycles. The van der Waals surface area contributed by atoms with E-state index in [2.05, 4.69) is 11.7 Å². The van der Waals surface area contributed by atoms with Gasteiger partial charge in [0.15, 0.2) is 0 Å². The van der Waals surface area contributed by atoms with Gasteiger partial charge in [0, 0.05) is 5.56 Å². The monoisotopic (exact) mass is 230 g/mol. The van der Waals surface area contributed by atoms with Crippen LogP contribution in [0.2, 0.25) is 0 Å². The van der Waals surface area contributed by atoms with Crippen LogP contribution < -0.4 is 0 Å². The summed E-state index contributed by atoms with van der Waals surface area (Å²) in [6.45, 7) is 0. The van der Waals surface area contributed by atoms with Crippen LogP contribution in [-0.4, -0.2) is 21.9 Å². The quantitative estimate of drug-likeness (QED) is 0.548. The summed E-state index contributed by atoms with van der Waals surface area (Å²) < 4.78 is 0. The Labute approximate surface area is 89.3 Å². The van der Waals surface area contributed by atoms with E-state index in [1.165, 1.54) is 0 Å². The van der Waals surface area contributed by atoms with Gasteiger partial charge in [0.2, 0.25) is 5.12 Å². The smallest absolute Gasteiger partial charge is 0.312 e. The number of carboxylic acid groups (broad SMARTS) is 1. The predicted octanol–water partition coefficient (Wildman–Crippen LogP) is 1.76. The van der Waals surface area contributed by atoms with Crippen molar-refractivity contribution in [1.29, 1.82) is 0 Å². The number of benzene rings is 1. The molecule has 0 bridgehead atoms. The Morgan fingerprint density at radius 1 is 1.29 bits per heavy atom. The van der Waals surface area contributed by atoms with Gasteiger partial charge in [-0.3, -0.25) is 9.59 Å². The Morgan fingerprint density at radius 3 is 2.36 bits per heavy atom. The molecular weight excluding hydrogens is 220 g/mol. The van der Waals surface area contributed by atoms with E-state index in [1.807, 2.05) is 0 Å². The fourth-order valence-electron chi connectivity index (χ4n) is 0.930. The van der Waals surface area contributed by atoms with Gasteiger partial charge in [-0.2, -0.15) is 0 Å². The summed E-state index contributed by atoms with van der Waals surface area (Å²) in [6.07, 6.45) is 0. The van der Waals surface area contributed by atoms with E-state index in [4.69, 9.17) is 5.11 Å². The number of aliphatic carboxylic acids is 1. The highest BCUT2D eigenvalue weighted by Crippen LogP contribution is 2.33. The number of rotatable bonds is 3. The van der Waals surface area contributed by atoms with Gasteiger partial charge >= 0.3 is 5.97 Å². The van der Waals surface area contributed by atoms with E-state index in [1.54, 1.807) is 30.3 Å². The molecule has 0 saturated heterocycles. The first-order valence-electron chi connectivity index (χ1n) is 3.89. The van der Waals surface area contributed by atoms with E-state index in [-0.39, 0.29) is 10.9 Å². The molecule has 1 atom stereocenters. The predicted molar refractivity (Wildman–Crippen MR) is 61.2 cm³/mol. The van der Waals surface area contributed by atoms with E-state index in [9.17, 15) is 9.59 Å². The number of hydrogen-bond acceptors (Lipinski definition) is 3. The molecule has 0 saturated carbocycles. The van der Waals surface area contributed by atoms with E-state index < -0.39 is 15.9 Å². The average Bonchev–Trinajstić information content (AvgIpc) is 2.17. The molecular formula is C9H10O3S2. The van der Waals surface area contributed by atoms with E-state index >= 15 is 0 Å². The van der Waals surface area contributed by atoms with Crippen LogP contribution in [0.5, 0.6) is 0 Å². The Balaban J connectivity index is 2.71. The topological polar surface area (TPSA) is 54.4 Å². The summed E-state index contributed by atoms with van der Waals surface area (Å²) in [7, 11) is -1.40. The number of carboxylic acids is 1. The largest absolute Gasteiger partial charge is 0.481 e. The fourth-order valence-corrected chi connectivity index (χ4v) is 2.49. The molecule has 0 radical (unpaired) electrons. The van der Waals surface area contributed by atoms with Crippen LogP contribution in [-0.2, 0) is 4.79 Å². The summed E-state index contributed by atoms with van der Waals surface area (Å²) >= 11 is 4.01. The first-order valence-corrected chi connectivity index (χ1v) is 6.57. The summed E-state index contributed by atoms with van der Waals surface area (Å²) in [4.78, 5) is 21.9. The van der Waals surface area contributed by atoms with Gasteiger partial charge in [-0.1, -0.05) is 30.3 Å². The second kappa shape index (κ2) is 5.07. The van der Waals surface area contributed by atoms with Gasteiger partial charge in [-0.05, 0) is 0 Å². The standard InChI is InChI=1S/C9H10O3S2/c10-8(11)6-14(13)9(12)7-4-2-1-3-5-7/h1-5,13-14H,6H2,(H,10,11). The van der Waals surface area contributed by atoms with Crippen LogP contribution in [0.1, 0.15) is 10.4 Å². The molecule has 0 spiro atoms. The van der Waals surface area contributed by atoms with Crippen LogP contribution >= 0.6 is 21.6 Å². The highest BCUT2D eigenvalue weighted by atomic mass is 33.1. The molecule has 76 valence electrons. The number of carbonyl (C=O) groups is 2. The maximum absolute atomic E-state index is 11.6. The molecule has 1 N–H and O–H groups in total. The maximum atomic E-state index is 11.6. The Hall–Kier alpha value is -0.940. The highest BCUT2D eigenvalue weighted by molar-refractivity contribution is 8.84. The average molecular weight is 230 g/mol. The summed E-state index contributed by atoms with van der Waals surface area (Å²) in [5, 5.41) is 8.31. The minimum Gasteiger partial charge on any atom is -0.481 e. The van der Waals surface area contributed by atoms with E-state index in [0.29, 0.717) is 5.56 Å². The molecule has 3 nitrogen and oxygen atoms in total. The van der Waals surface area contributed by atoms with Crippen molar-refractivity contribution in [3.8, 4) is 0 Å². The molecule has 0 aliphatic heterocycles. The van der Waals surface area contributed by atoms with Crippen molar-refractivity contribution in [2.45, 2.75) is 0 Å². The lowest BCUT2D eigenvalue weighted by molar-refractivity contribution is -0.133. The number of thiol groups is 2. The lowest BCUT2D eigenvalue weighted by atomic mass is 10.2. The number of hydrogen-bond donors (Lipinski definition) is 3. The van der Waals surface area contributed by atoms with Gasteiger partial charge in [0.05, 0.1) is 5.75 Å². The molecule has 0 aromatic heterocycles. The van der Waals surface area contributed by atoms with Crippen molar-refractivity contribution in [3.05, 3.63) is 35.9 Å². The minimum atomic E-state index is -1.40. The molecule has 0 heterocycles. The zero-order valence-electron chi connectivity index (χ0n) is 7.25. The maximum Gasteiger partial charge on any atom is 0.312 e.